The van der Waals surface area contributed by atoms with E-state index in [2.05, 4.69) is 20.5 Å². The Hall–Kier alpha value is -2.53. The molecule has 5 nitrogen and oxygen atoms in total. The summed E-state index contributed by atoms with van der Waals surface area (Å²) in [5.41, 5.74) is -0.0729. The van der Waals surface area contributed by atoms with Gasteiger partial charge in [-0.1, -0.05) is 35.2 Å². The minimum absolute atomic E-state index is 0.165. The number of carbonyl (C=O) groups excluding carboxylic acids is 1. The Morgan fingerprint density at radius 2 is 1.86 bits per heavy atom. The van der Waals surface area contributed by atoms with Gasteiger partial charge in [-0.05, 0) is 29.8 Å². The molecule has 0 fully saturated rings. The number of aromatic nitrogens is 3. The summed E-state index contributed by atoms with van der Waals surface area (Å²) in [7, 11) is 0. The Morgan fingerprint density at radius 1 is 1.11 bits per heavy atom. The number of rotatable bonds is 6. The third-order valence-corrected chi connectivity index (χ3v) is 5.49. The number of nitrogens with zero attached hydrogens (tertiary/aromatic N) is 3. The summed E-state index contributed by atoms with van der Waals surface area (Å²) in [6.45, 7) is 0.220. The monoisotopic (exact) mass is 428 g/mol. The molecule has 3 rings (SSSR count). The van der Waals surface area contributed by atoms with Crippen molar-refractivity contribution in [2.75, 3.05) is 0 Å². The molecule has 1 amide bonds. The van der Waals surface area contributed by atoms with Crippen molar-refractivity contribution in [2.45, 2.75) is 23.5 Å². The number of benzene rings is 1. The third-order valence-electron chi connectivity index (χ3n) is 3.43. The fourth-order valence-corrected chi connectivity index (χ4v) is 3.62. The van der Waals surface area contributed by atoms with Crippen LogP contribution in [-0.2, 0) is 18.5 Å². The van der Waals surface area contributed by atoms with Gasteiger partial charge in [-0.3, -0.25) is 4.79 Å². The number of thioether (sulfide) groups is 1. The van der Waals surface area contributed by atoms with Gasteiger partial charge in [0.25, 0.3) is 5.91 Å². The number of hydrogen-bond donors (Lipinski definition) is 1. The number of carbonyl (C=O) groups is 1. The van der Waals surface area contributed by atoms with Crippen molar-refractivity contribution in [3.63, 3.8) is 0 Å². The molecule has 28 heavy (non-hydrogen) atoms. The van der Waals surface area contributed by atoms with E-state index in [1.165, 1.54) is 30.0 Å². The van der Waals surface area contributed by atoms with E-state index in [9.17, 15) is 22.4 Å². The Labute approximate surface area is 165 Å². The van der Waals surface area contributed by atoms with Crippen molar-refractivity contribution in [3.8, 4) is 0 Å². The molecule has 1 N–H and O–H groups in total. The molecule has 2 aromatic heterocycles. The number of nitrogens with one attached hydrogen (secondary N) is 1. The van der Waals surface area contributed by atoms with Gasteiger partial charge in [-0.2, -0.15) is 13.2 Å². The van der Waals surface area contributed by atoms with Gasteiger partial charge in [0.1, 0.15) is 10.8 Å². The van der Waals surface area contributed by atoms with Crippen LogP contribution < -0.4 is 5.32 Å². The Morgan fingerprint density at radius 3 is 2.50 bits per heavy atom. The highest BCUT2D eigenvalue weighted by atomic mass is 32.2. The molecule has 0 spiro atoms. The highest BCUT2D eigenvalue weighted by molar-refractivity contribution is 7.98. The zero-order valence-corrected chi connectivity index (χ0v) is 15.7. The van der Waals surface area contributed by atoms with E-state index in [-0.39, 0.29) is 17.4 Å². The molecule has 0 radical (unpaired) electrons. The molecule has 0 saturated carbocycles. The minimum Gasteiger partial charge on any atom is -0.346 e. The van der Waals surface area contributed by atoms with Crippen LogP contribution in [0, 0.1) is 5.82 Å². The molecule has 146 valence electrons. The highest BCUT2D eigenvalue weighted by Crippen LogP contribution is 2.30. The van der Waals surface area contributed by atoms with Crippen LogP contribution in [0.25, 0.3) is 0 Å². The first-order valence-corrected chi connectivity index (χ1v) is 9.62. The van der Waals surface area contributed by atoms with Crippen molar-refractivity contribution in [2.24, 2.45) is 0 Å². The molecule has 0 saturated heterocycles. The van der Waals surface area contributed by atoms with Crippen molar-refractivity contribution in [1.82, 2.24) is 20.5 Å². The maximum atomic E-state index is 12.9. The van der Waals surface area contributed by atoms with Crippen LogP contribution in [-0.4, -0.2) is 21.1 Å². The standard InChI is InChI=1S/C17H12F4N4OS2/c18-12-4-1-10(2-5-12)7-23-15(26)16-25-24-14(28-16)9-27-13-6-3-11(8-22-13)17(19,20)21/h1-6,8H,7,9H2,(H,23,26). The lowest BCUT2D eigenvalue weighted by Gasteiger charge is -2.06. The number of alkyl halides is 3. The van der Waals surface area contributed by atoms with Gasteiger partial charge in [-0.25, -0.2) is 9.37 Å². The number of amides is 1. The Kier molecular flexibility index (Phi) is 6.25. The zero-order chi connectivity index (χ0) is 20.1. The van der Waals surface area contributed by atoms with E-state index in [0.29, 0.717) is 15.8 Å². The smallest absolute Gasteiger partial charge is 0.346 e. The van der Waals surface area contributed by atoms with Gasteiger partial charge in [0, 0.05) is 12.7 Å². The van der Waals surface area contributed by atoms with Gasteiger partial charge < -0.3 is 5.32 Å². The van der Waals surface area contributed by atoms with Crippen LogP contribution in [0.4, 0.5) is 17.6 Å². The van der Waals surface area contributed by atoms with E-state index in [4.69, 9.17) is 0 Å². The average Bonchev–Trinajstić information content (AvgIpc) is 3.14. The van der Waals surface area contributed by atoms with Crippen LogP contribution >= 0.6 is 23.1 Å². The average molecular weight is 428 g/mol. The molecule has 0 aliphatic heterocycles. The van der Waals surface area contributed by atoms with Crippen LogP contribution in [0.15, 0.2) is 47.6 Å². The fraction of sp³-hybridized carbons (Fsp3) is 0.176. The third kappa shape index (κ3) is 5.49. The molecule has 1 aromatic carbocycles. The van der Waals surface area contributed by atoms with E-state index in [1.807, 2.05) is 0 Å². The van der Waals surface area contributed by atoms with Crippen molar-refractivity contribution >= 4 is 29.0 Å². The predicted molar refractivity (Wildman–Crippen MR) is 96.3 cm³/mol. The van der Waals surface area contributed by atoms with Crippen LogP contribution in [0.5, 0.6) is 0 Å². The predicted octanol–water partition coefficient (Wildman–Crippen LogP) is 4.31. The first-order valence-electron chi connectivity index (χ1n) is 7.82. The van der Waals surface area contributed by atoms with Crippen LogP contribution in [0.1, 0.15) is 25.9 Å². The normalized spacial score (nSPS) is 11.4. The SMILES string of the molecule is O=C(NCc1ccc(F)cc1)c1nnc(CSc2ccc(C(F)(F)F)cn2)s1. The van der Waals surface area contributed by atoms with Crippen molar-refractivity contribution < 1.29 is 22.4 Å². The lowest BCUT2D eigenvalue weighted by molar-refractivity contribution is -0.137. The molecule has 0 aliphatic carbocycles. The van der Waals surface area contributed by atoms with E-state index in [0.717, 1.165) is 29.2 Å². The summed E-state index contributed by atoms with van der Waals surface area (Å²) in [6, 6.07) is 7.98. The number of hydrogen-bond acceptors (Lipinski definition) is 6. The summed E-state index contributed by atoms with van der Waals surface area (Å²) in [6.07, 6.45) is -3.65. The second-order valence-corrected chi connectivity index (χ2v) is 7.54. The highest BCUT2D eigenvalue weighted by Gasteiger charge is 2.30. The molecular weight excluding hydrogens is 416 g/mol. The maximum Gasteiger partial charge on any atom is 0.417 e. The van der Waals surface area contributed by atoms with Gasteiger partial charge in [0.15, 0.2) is 0 Å². The summed E-state index contributed by atoms with van der Waals surface area (Å²) in [5.74, 6) is -0.448. The number of pyridine rings is 1. The van der Waals surface area contributed by atoms with E-state index < -0.39 is 17.6 Å². The Bertz CT molecular complexity index is 943. The van der Waals surface area contributed by atoms with Gasteiger partial charge in [0.05, 0.1) is 16.3 Å². The second-order valence-electron chi connectivity index (χ2n) is 5.48. The first kappa shape index (κ1) is 20.2. The topological polar surface area (TPSA) is 67.8 Å². The van der Waals surface area contributed by atoms with Gasteiger partial charge >= 0.3 is 6.18 Å². The molecule has 3 aromatic rings. The lowest BCUT2D eigenvalue weighted by Crippen LogP contribution is -2.22. The molecule has 11 heteroatoms. The minimum atomic E-state index is -4.43. The molecule has 0 atom stereocenters. The van der Waals surface area contributed by atoms with Gasteiger partial charge in [-0.15, -0.1) is 10.2 Å². The molecule has 0 bridgehead atoms. The second kappa shape index (κ2) is 8.65. The summed E-state index contributed by atoms with van der Waals surface area (Å²) in [5, 5.41) is 11.5. The maximum absolute atomic E-state index is 12.9. The molecule has 2 heterocycles. The van der Waals surface area contributed by atoms with E-state index >= 15 is 0 Å². The van der Waals surface area contributed by atoms with Gasteiger partial charge in [0.2, 0.25) is 5.01 Å². The first-order chi connectivity index (χ1) is 13.3. The molecule has 0 unspecified atom stereocenters. The quantitative estimate of drug-likeness (QED) is 0.468. The van der Waals surface area contributed by atoms with Crippen LogP contribution in [0.3, 0.4) is 0 Å². The molecule has 0 aliphatic rings. The fourth-order valence-electron chi connectivity index (χ4n) is 2.03. The Balaban J connectivity index is 1.52. The summed E-state index contributed by atoms with van der Waals surface area (Å²) in [4.78, 5) is 15.9. The molecular formula is C17H12F4N4OS2. The number of halogens is 4. The zero-order valence-electron chi connectivity index (χ0n) is 14.0. The van der Waals surface area contributed by atoms with Crippen molar-refractivity contribution in [3.05, 3.63) is 69.6 Å². The largest absolute Gasteiger partial charge is 0.417 e. The summed E-state index contributed by atoms with van der Waals surface area (Å²) < 4.78 is 50.4. The van der Waals surface area contributed by atoms with Crippen LogP contribution in [0.2, 0.25) is 0 Å². The summed E-state index contributed by atoms with van der Waals surface area (Å²) >= 11 is 2.27. The van der Waals surface area contributed by atoms with E-state index in [1.54, 1.807) is 12.1 Å². The lowest BCUT2D eigenvalue weighted by atomic mass is 10.2. The van der Waals surface area contributed by atoms with Crippen molar-refractivity contribution in [1.29, 1.82) is 0 Å².